The molecule has 3 atom stereocenters. The summed E-state index contributed by atoms with van der Waals surface area (Å²) < 4.78 is 26.2. The summed E-state index contributed by atoms with van der Waals surface area (Å²) in [6.07, 6.45) is 2.75. The first kappa shape index (κ1) is 20.5. The summed E-state index contributed by atoms with van der Waals surface area (Å²) in [5.41, 5.74) is 0.0524. The largest absolute Gasteiger partial charge is 0.459 e. The summed E-state index contributed by atoms with van der Waals surface area (Å²) in [6, 6.07) is 0.332. The molecule has 0 aliphatic carbocycles. The highest BCUT2D eigenvalue weighted by atomic mass is 35.5. The lowest BCUT2D eigenvalue weighted by atomic mass is 10.1. The lowest BCUT2D eigenvalue weighted by Gasteiger charge is -2.27. The second kappa shape index (κ2) is 8.51. The number of aliphatic hydroxyl groups excluding tert-OH is 1. The molecule has 1 unspecified atom stereocenters. The Bertz CT molecular complexity index is 889. The van der Waals surface area contributed by atoms with Gasteiger partial charge < -0.3 is 19.5 Å². The number of anilines is 1. The smallest absolute Gasteiger partial charge is 0.319 e. The van der Waals surface area contributed by atoms with Gasteiger partial charge in [0.15, 0.2) is 11.0 Å². The van der Waals surface area contributed by atoms with Crippen LogP contribution in [0.5, 0.6) is 6.01 Å². The van der Waals surface area contributed by atoms with Crippen LogP contribution in [0.15, 0.2) is 6.20 Å². The third-order valence-corrected chi connectivity index (χ3v) is 5.82. The third kappa shape index (κ3) is 4.23. The molecule has 158 valence electrons. The third-order valence-electron chi connectivity index (χ3n) is 5.56. The van der Waals surface area contributed by atoms with Crippen molar-refractivity contribution in [1.29, 1.82) is 0 Å². The highest BCUT2D eigenvalue weighted by Crippen LogP contribution is 2.31. The van der Waals surface area contributed by atoms with Crippen molar-refractivity contribution in [2.45, 2.75) is 38.0 Å². The Kier molecular flexibility index (Phi) is 6.00. The number of fused-ring (bicyclic) bond motifs is 1. The first-order valence-electron chi connectivity index (χ1n) is 9.83. The molecule has 0 aromatic carbocycles. The van der Waals surface area contributed by atoms with Crippen LogP contribution < -0.4 is 9.64 Å². The predicted octanol–water partition coefficient (Wildman–Crippen LogP) is 1.88. The van der Waals surface area contributed by atoms with Gasteiger partial charge >= 0.3 is 6.01 Å². The van der Waals surface area contributed by atoms with Crippen molar-refractivity contribution >= 4 is 28.3 Å². The van der Waals surface area contributed by atoms with Gasteiger partial charge in [0.05, 0.1) is 24.7 Å². The normalized spacial score (nSPS) is 24.7. The summed E-state index contributed by atoms with van der Waals surface area (Å²) in [5, 5.41) is 10.3. The maximum Gasteiger partial charge on any atom is 0.319 e. The van der Waals surface area contributed by atoms with E-state index in [1.54, 1.807) is 0 Å². The Balaban J connectivity index is 1.73. The first-order chi connectivity index (χ1) is 13.9. The molecule has 0 spiro atoms. The molecule has 2 aliphatic heterocycles. The minimum Gasteiger partial charge on any atom is -0.459 e. The van der Waals surface area contributed by atoms with Gasteiger partial charge in [-0.3, -0.25) is 4.90 Å². The van der Waals surface area contributed by atoms with Crippen LogP contribution in [0.3, 0.4) is 0 Å². The molecule has 4 heterocycles. The predicted molar refractivity (Wildman–Crippen MR) is 107 cm³/mol. The van der Waals surface area contributed by atoms with Crippen LogP contribution >= 0.6 is 11.6 Å². The molecule has 2 aromatic heterocycles. The van der Waals surface area contributed by atoms with Crippen molar-refractivity contribution in [3.05, 3.63) is 17.2 Å². The number of likely N-dealkylation sites (N-methyl/N-ethyl adjacent to an activating group) is 1. The molecule has 2 aliphatic rings. The van der Waals surface area contributed by atoms with E-state index in [-0.39, 0.29) is 35.4 Å². The Morgan fingerprint density at radius 1 is 1.38 bits per heavy atom. The monoisotopic (exact) mass is 425 g/mol. The van der Waals surface area contributed by atoms with Crippen LogP contribution in [0.2, 0.25) is 5.15 Å². The van der Waals surface area contributed by atoms with E-state index in [0.29, 0.717) is 30.9 Å². The lowest BCUT2D eigenvalue weighted by molar-refractivity contribution is 0.0597. The number of pyridine rings is 1. The maximum absolute atomic E-state index is 14.7. The van der Waals surface area contributed by atoms with Crippen LogP contribution in [-0.2, 0) is 4.74 Å². The average molecular weight is 426 g/mol. The van der Waals surface area contributed by atoms with Crippen molar-refractivity contribution in [3.63, 3.8) is 0 Å². The fourth-order valence-corrected chi connectivity index (χ4v) is 4.19. The van der Waals surface area contributed by atoms with Gasteiger partial charge in [0, 0.05) is 25.3 Å². The Morgan fingerprint density at radius 2 is 2.21 bits per heavy atom. The van der Waals surface area contributed by atoms with Crippen LogP contribution in [0.4, 0.5) is 10.2 Å². The second-order valence-corrected chi connectivity index (χ2v) is 8.00. The van der Waals surface area contributed by atoms with Crippen LogP contribution in [-0.4, -0.2) is 83.1 Å². The number of nitrogens with zero attached hydrogens (tertiary/aromatic N) is 5. The van der Waals surface area contributed by atoms with E-state index in [1.807, 2.05) is 11.8 Å². The van der Waals surface area contributed by atoms with Gasteiger partial charge in [0.1, 0.15) is 17.4 Å². The Hall–Kier alpha value is -1.81. The molecule has 8 nitrogen and oxygen atoms in total. The highest BCUT2D eigenvalue weighted by Gasteiger charge is 2.29. The number of ether oxygens (including phenoxy) is 2. The molecular weight excluding hydrogens is 401 g/mol. The van der Waals surface area contributed by atoms with E-state index in [1.165, 1.54) is 6.20 Å². The summed E-state index contributed by atoms with van der Waals surface area (Å²) in [5.74, 6) is -0.264. The van der Waals surface area contributed by atoms with E-state index in [0.717, 1.165) is 19.4 Å². The van der Waals surface area contributed by atoms with Gasteiger partial charge in [0.25, 0.3) is 0 Å². The SMILES string of the molecule is CC(Oc1nc(N2CCOC[C@@H](O)C2)c2cnc(Cl)c(F)c2n1)[C@@H]1CCCN1C. The van der Waals surface area contributed by atoms with E-state index < -0.39 is 11.9 Å². The molecule has 10 heteroatoms. The van der Waals surface area contributed by atoms with Crippen molar-refractivity contribution in [1.82, 2.24) is 19.9 Å². The van der Waals surface area contributed by atoms with Gasteiger partial charge in [0.2, 0.25) is 0 Å². The van der Waals surface area contributed by atoms with Gasteiger partial charge in [-0.2, -0.15) is 9.97 Å². The molecule has 0 saturated carbocycles. The quantitative estimate of drug-likeness (QED) is 0.743. The number of likely N-dealkylation sites (tertiary alicyclic amines) is 1. The first-order valence-corrected chi connectivity index (χ1v) is 10.2. The van der Waals surface area contributed by atoms with Crippen molar-refractivity contribution in [2.75, 3.05) is 44.8 Å². The summed E-state index contributed by atoms with van der Waals surface area (Å²) >= 11 is 5.89. The van der Waals surface area contributed by atoms with Gasteiger partial charge in [-0.05, 0) is 33.4 Å². The molecular formula is C19H25ClFN5O3. The molecule has 4 rings (SSSR count). The van der Waals surface area contributed by atoms with Crippen LogP contribution in [0, 0.1) is 5.82 Å². The Labute approximate surface area is 173 Å². The van der Waals surface area contributed by atoms with Crippen LogP contribution in [0.1, 0.15) is 19.8 Å². The summed E-state index contributed by atoms with van der Waals surface area (Å²) in [7, 11) is 2.06. The summed E-state index contributed by atoms with van der Waals surface area (Å²) in [4.78, 5) is 16.9. The van der Waals surface area contributed by atoms with Gasteiger partial charge in [-0.15, -0.1) is 0 Å². The fraction of sp³-hybridized carbons (Fsp3) is 0.632. The van der Waals surface area contributed by atoms with Crippen molar-refractivity contribution in [3.8, 4) is 6.01 Å². The number of rotatable bonds is 4. The van der Waals surface area contributed by atoms with E-state index in [9.17, 15) is 9.50 Å². The minimum absolute atomic E-state index is 0.0524. The number of β-amino-alcohol motifs (C(OH)–C–C–N with tert-alkyl or cyclic N) is 1. The molecule has 0 radical (unpaired) electrons. The van der Waals surface area contributed by atoms with Crippen molar-refractivity contribution < 1.29 is 19.0 Å². The van der Waals surface area contributed by atoms with Crippen LogP contribution in [0.25, 0.3) is 10.9 Å². The zero-order chi connectivity index (χ0) is 20.5. The lowest BCUT2D eigenvalue weighted by Crippen LogP contribution is -2.38. The zero-order valence-electron chi connectivity index (χ0n) is 16.5. The standard InChI is InChI=1S/C19H25ClFN5O3/c1-11(14-4-3-5-25(14)2)29-19-23-16-13(8-22-17(20)15(16)21)18(24-19)26-6-7-28-10-12(27)9-26/h8,11-12,14,27H,3-7,9-10H2,1-2H3/t11?,12-,14-/m0/s1. The van der Waals surface area contributed by atoms with E-state index in [4.69, 9.17) is 21.1 Å². The van der Waals surface area contributed by atoms with E-state index >= 15 is 0 Å². The molecule has 2 fully saturated rings. The molecule has 0 amide bonds. The number of aliphatic hydroxyl groups is 1. The molecule has 2 aromatic rings. The number of hydrogen-bond donors (Lipinski definition) is 1. The fourth-order valence-electron chi connectivity index (χ4n) is 4.05. The summed E-state index contributed by atoms with van der Waals surface area (Å²) in [6.45, 7) is 4.45. The average Bonchev–Trinajstić information content (AvgIpc) is 3.01. The molecule has 29 heavy (non-hydrogen) atoms. The minimum atomic E-state index is -0.713. The molecule has 2 saturated heterocycles. The molecule has 0 bridgehead atoms. The van der Waals surface area contributed by atoms with Crippen molar-refractivity contribution in [2.24, 2.45) is 0 Å². The Morgan fingerprint density at radius 3 is 2.97 bits per heavy atom. The second-order valence-electron chi connectivity index (χ2n) is 7.64. The maximum atomic E-state index is 14.7. The van der Waals surface area contributed by atoms with Gasteiger partial charge in [-0.25, -0.2) is 9.37 Å². The highest BCUT2D eigenvalue weighted by molar-refractivity contribution is 6.30. The topological polar surface area (TPSA) is 83.8 Å². The molecule has 1 N–H and O–H groups in total. The van der Waals surface area contributed by atoms with Gasteiger partial charge in [-0.1, -0.05) is 11.6 Å². The number of halogens is 2. The zero-order valence-corrected chi connectivity index (χ0v) is 17.3. The van der Waals surface area contributed by atoms with E-state index in [2.05, 4.69) is 26.9 Å². The number of aromatic nitrogens is 3. The number of hydrogen-bond acceptors (Lipinski definition) is 8.